The number of ether oxygens (including phenoxy) is 1. The van der Waals surface area contributed by atoms with Crippen LogP contribution in [0.2, 0.25) is 0 Å². The minimum Gasteiger partial charge on any atom is -0.469 e. The van der Waals surface area contributed by atoms with Crippen molar-refractivity contribution in [2.75, 3.05) is 7.11 Å². The van der Waals surface area contributed by atoms with Crippen LogP contribution in [-0.2, 0) is 9.53 Å². The highest BCUT2D eigenvalue weighted by molar-refractivity contribution is 5.89. The van der Waals surface area contributed by atoms with Gasteiger partial charge < -0.3 is 9.94 Å². The lowest BCUT2D eigenvalue weighted by atomic mass is 9.87. The summed E-state index contributed by atoms with van der Waals surface area (Å²) in [6.45, 7) is 2.17. The molecule has 17 heavy (non-hydrogen) atoms. The van der Waals surface area contributed by atoms with Crippen molar-refractivity contribution in [1.29, 1.82) is 0 Å². The minimum atomic E-state index is -0.158. The van der Waals surface area contributed by atoms with Gasteiger partial charge in [0.1, 0.15) is 0 Å². The fraction of sp³-hybridized carbons (Fsp3) is 0.846. The zero-order chi connectivity index (χ0) is 12.7. The van der Waals surface area contributed by atoms with Gasteiger partial charge in [0.05, 0.1) is 12.8 Å². The third-order valence-electron chi connectivity index (χ3n) is 3.67. The molecule has 2 unspecified atom stereocenters. The highest BCUT2D eigenvalue weighted by Gasteiger charge is 2.34. The van der Waals surface area contributed by atoms with Crippen molar-refractivity contribution < 1.29 is 14.7 Å². The molecule has 1 rings (SSSR count). The number of nitrogens with zero attached hydrogens (tertiary/aromatic N) is 1. The van der Waals surface area contributed by atoms with E-state index in [1.165, 1.54) is 20.0 Å². The van der Waals surface area contributed by atoms with Crippen LogP contribution in [0.4, 0.5) is 0 Å². The first-order chi connectivity index (χ1) is 8.22. The Morgan fingerprint density at radius 3 is 2.88 bits per heavy atom. The fourth-order valence-electron chi connectivity index (χ4n) is 2.67. The van der Waals surface area contributed by atoms with Crippen LogP contribution in [-0.4, -0.2) is 24.0 Å². The lowest BCUT2D eigenvalue weighted by molar-refractivity contribution is -0.141. The zero-order valence-electron chi connectivity index (χ0n) is 10.8. The van der Waals surface area contributed by atoms with E-state index in [2.05, 4.69) is 12.1 Å². The summed E-state index contributed by atoms with van der Waals surface area (Å²) in [5, 5.41) is 12.4. The molecular weight excluding hydrogens is 218 g/mol. The first-order valence-corrected chi connectivity index (χ1v) is 6.50. The van der Waals surface area contributed by atoms with Crippen LogP contribution in [0.5, 0.6) is 0 Å². The molecule has 0 aliphatic heterocycles. The number of methoxy groups -OCH3 is 1. The van der Waals surface area contributed by atoms with Crippen LogP contribution in [0.3, 0.4) is 0 Å². The summed E-state index contributed by atoms with van der Waals surface area (Å²) >= 11 is 0. The van der Waals surface area contributed by atoms with Crippen LogP contribution in [0, 0.1) is 11.8 Å². The van der Waals surface area contributed by atoms with Crippen LogP contribution < -0.4 is 0 Å². The Bertz CT molecular complexity index is 276. The molecule has 0 heterocycles. The molecular formula is C13H23NO3. The van der Waals surface area contributed by atoms with Crippen molar-refractivity contribution >= 4 is 11.7 Å². The van der Waals surface area contributed by atoms with Crippen molar-refractivity contribution in [1.82, 2.24) is 0 Å². The number of hydrogen-bond donors (Lipinski definition) is 1. The minimum absolute atomic E-state index is 0.158. The normalized spacial score (nSPS) is 26.4. The van der Waals surface area contributed by atoms with E-state index in [1.807, 2.05) is 0 Å². The molecule has 1 aliphatic rings. The van der Waals surface area contributed by atoms with E-state index in [0.717, 1.165) is 31.4 Å². The Morgan fingerprint density at radius 2 is 2.29 bits per heavy atom. The van der Waals surface area contributed by atoms with Gasteiger partial charge >= 0.3 is 5.97 Å². The van der Waals surface area contributed by atoms with Crippen molar-refractivity contribution in [3.8, 4) is 0 Å². The van der Waals surface area contributed by atoms with Gasteiger partial charge in [-0.15, -0.1) is 0 Å². The van der Waals surface area contributed by atoms with Crippen molar-refractivity contribution in [3.63, 3.8) is 0 Å². The molecule has 0 bridgehead atoms. The van der Waals surface area contributed by atoms with Gasteiger partial charge in [-0.25, -0.2) is 0 Å². The van der Waals surface area contributed by atoms with Crippen LogP contribution in [0.25, 0.3) is 0 Å². The van der Waals surface area contributed by atoms with E-state index in [4.69, 9.17) is 9.94 Å². The van der Waals surface area contributed by atoms with Gasteiger partial charge in [-0.2, -0.15) is 0 Å². The maximum absolute atomic E-state index is 11.3. The largest absolute Gasteiger partial charge is 0.469 e. The van der Waals surface area contributed by atoms with Gasteiger partial charge in [0.15, 0.2) is 0 Å². The highest BCUT2D eigenvalue weighted by Crippen LogP contribution is 2.35. The number of unbranched alkanes of at least 4 members (excludes halogenated alkanes) is 2. The summed E-state index contributed by atoms with van der Waals surface area (Å²) in [4.78, 5) is 11.3. The second-order valence-corrected chi connectivity index (χ2v) is 4.77. The topological polar surface area (TPSA) is 58.9 Å². The third kappa shape index (κ3) is 4.02. The van der Waals surface area contributed by atoms with Gasteiger partial charge in [-0.3, -0.25) is 4.79 Å². The summed E-state index contributed by atoms with van der Waals surface area (Å²) in [5.41, 5.74) is 0.870. The molecule has 0 amide bonds. The number of hydrogen-bond acceptors (Lipinski definition) is 4. The highest BCUT2D eigenvalue weighted by atomic mass is 16.5. The molecule has 0 radical (unpaired) electrons. The number of esters is 1. The Morgan fingerprint density at radius 1 is 1.53 bits per heavy atom. The van der Waals surface area contributed by atoms with Crippen molar-refractivity contribution in [2.24, 2.45) is 17.0 Å². The fourth-order valence-corrected chi connectivity index (χ4v) is 2.67. The lowest BCUT2D eigenvalue weighted by Gasteiger charge is -2.18. The molecule has 4 nitrogen and oxygen atoms in total. The second-order valence-electron chi connectivity index (χ2n) is 4.77. The molecule has 0 saturated heterocycles. The molecule has 98 valence electrons. The quantitative estimate of drug-likeness (QED) is 0.336. The smallest absolute Gasteiger partial charge is 0.305 e. The Kier molecular flexibility index (Phi) is 6.01. The maximum atomic E-state index is 11.3. The molecule has 0 aromatic heterocycles. The van der Waals surface area contributed by atoms with E-state index >= 15 is 0 Å². The van der Waals surface area contributed by atoms with Crippen LogP contribution >= 0.6 is 0 Å². The van der Waals surface area contributed by atoms with E-state index in [0.29, 0.717) is 12.3 Å². The van der Waals surface area contributed by atoms with Crippen LogP contribution in [0.15, 0.2) is 5.16 Å². The zero-order valence-corrected chi connectivity index (χ0v) is 10.8. The maximum Gasteiger partial charge on any atom is 0.305 e. The molecule has 0 spiro atoms. The lowest BCUT2D eigenvalue weighted by Crippen LogP contribution is -2.18. The van der Waals surface area contributed by atoms with E-state index in [9.17, 15) is 4.79 Å². The number of carbonyl (C=O) groups excluding carboxylic acids is 1. The Hall–Kier alpha value is -1.06. The predicted octanol–water partition coefficient (Wildman–Crippen LogP) is 2.99. The number of carbonyl (C=O) groups is 1. The first kappa shape index (κ1) is 14.0. The number of oxime groups is 1. The molecule has 2 atom stereocenters. The van der Waals surface area contributed by atoms with Gasteiger partial charge in [0.2, 0.25) is 0 Å². The summed E-state index contributed by atoms with van der Waals surface area (Å²) in [7, 11) is 1.42. The van der Waals surface area contributed by atoms with Gasteiger partial charge in [0, 0.05) is 12.3 Å². The molecule has 1 N–H and O–H groups in total. The predicted molar refractivity (Wildman–Crippen MR) is 66.2 cm³/mol. The summed E-state index contributed by atoms with van der Waals surface area (Å²) in [6, 6.07) is 0. The molecule has 1 saturated carbocycles. The third-order valence-corrected chi connectivity index (χ3v) is 3.67. The van der Waals surface area contributed by atoms with E-state index in [1.54, 1.807) is 0 Å². The summed E-state index contributed by atoms with van der Waals surface area (Å²) < 4.78 is 4.71. The first-order valence-electron chi connectivity index (χ1n) is 6.50. The average Bonchev–Trinajstić information content (AvgIpc) is 2.72. The number of rotatable bonds is 6. The molecule has 0 aromatic rings. The monoisotopic (exact) mass is 241 g/mol. The molecule has 1 aliphatic carbocycles. The molecule has 1 fully saturated rings. The Labute approximate surface area is 103 Å². The van der Waals surface area contributed by atoms with Crippen molar-refractivity contribution in [2.45, 2.75) is 51.9 Å². The van der Waals surface area contributed by atoms with Gasteiger partial charge in [-0.1, -0.05) is 31.3 Å². The standard InChI is InChI=1S/C13H23NO3/c1-3-4-5-6-11-10(9-13(15)17-2)7-8-12(11)14-16/h10-11,16H,3-9H2,1-2H3/b14-12-. The molecule has 4 heteroatoms. The summed E-state index contributed by atoms with van der Waals surface area (Å²) in [6.07, 6.45) is 6.74. The van der Waals surface area contributed by atoms with E-state index in [-0.39, 0.29) is 11.9 Å². The Balaban J connectivity index is 2.53. The average molecular weight is 241 g/mol. The van der Waals surface area contributed by atoms with Crippen LogP contribution in [0.1, 0.15) is 51.9 Å². The SMILES string of the molecule is CCCCCC1/C(=N\O)CCC1CC(=O)OC. The van der Waals surface area contributed by atoms with Crippen molar-refractivity contribution in [3.05, 3.63) is 0 Å². The summed E-state index contributed by atoms with van der Waals surface area (Å²) in [5.74, 6) is 0.408. The second kappa shape index (κ2) is 7.30. The molecule has 0 aromatic carbocycles. The van der Waals surface area contributed by atoms with E-state index < -0.39 is 0 Å². The van der Waals surface area contributed by atoms with Gasteiger partial charge in [0.25, 0.3) is 0 Å². The van der Waals surface area contributed by atoms with Gasteiger partial charge in [-0.05, 0) is 25.2 Å².